The van der Waals surface area contributed by atoms with Crippen molar-refractivity contribution in [2.24, 2.45) is 0 Å². The lowest BCUT2D eigenvalue weighted by Crippen LogP contribution is -2.21. The fraction of sp³-hybridized carbons (Fsp3) is 0.273. The summed E-state index contributed by atoms with van der Waals surface area (Å²) in [6.45, 7) is 1.74. The Morgan fingerprint density at radius 1 is 0.871 bits per heavy atom. The number of carbonyl (C=O) groups is 4. The van der Waals surface area contributed by atoms with Crippen LogP contribution in [0.5, 0.6) is 0 Å². The molecule has 2 N–H and O–H groups in total. The fourth-order valence-electron chi connectivity index (χ4n) is 2.39. The van der Waals surface area contributed by atoms with Gasteiger partial charge in [-0.2, -0.15) is 0 Å². The van der Waals surface area contributed by atoms with E-state index in [1.165, 1.54) is 12.1 Å². The summed E-state index contributed by atoms with van der Waals surface area (Å²) in [5.41, 5.74) is 1.33. The molecule has 9 heteroatoms. The van der Waals surface area contributed by atoms with Crippen LogP contribution in [0.2, 0.25) is 5.02 Å². The zero-order valence-corrected chi connectivity index (χ0v) is 17.7. The maximum Gasteiger partial charge on any atom is 0.338 e. The lowest BCUT2D eigenvalue weighted by atomic mass is 10.2. The van der Waals surface area contributed by atoms with Crippen LogP contribution in [0.1, 0.15) is 36.5 Å². The van der Waals surface area contributed by atoms with Gasteiger partial charge in [-0.15, -0.1) is 0 Å². The van der Waals surface area contributed by atoms with Crippen molar-refractivity contribution < 1.29 is 28.7 Å². The number of benzene rings is 2. The van der Waals surface area contributed by atoms with Crippen molar-refractivity contribution in [2.45, 2.75) is 26.2 Å². The lowest BCUT2D eigenvalue weighted by Gasteiger charge is -2.08. The molecule has 0 heterocycles. The smallest absolute Gasteiger partial charge is 0.338 e. The van der Waals surface area contributed by atoms with E-state index < -0.39 is 24.5 Å². The number of hydrogen-bond donors (Lipinski definition) is 2. The first-order chi connectivity index (χ1) is 14.9. The SMILES string of the molecule is CCCOC(=O)c1ccc(NC(=O)COC(=O)CCC(=O)Nc2cccc(Cl)c2)cc1. The minimum absolute atomic E-state index is 0.0947. The quantitative estimate of drug-likeness (QED) is 0.537. The molecule has 0 aliphatic heterocycles. The fourth-order valence-corrected chi connectivity index (χ4v) is 2.58. The van der Waals surface area contributed by atoms with Crippen LogP contribution in [0.15, 0.2) is 48.5 Å². The molecule has 0 spiro atoms. The van der Waals surface area contributed by atoms with Gasteiger partial charge in [0.2, 0.25) is 5.91 Å². The van der Waals surface area contributed by atoms with Crippen molar-refractivity contribution in [2.75, 3.05) is 23.8 Å². The third kappa shape index (κ3) is 8.88. The molecule has 2 amide bonds. The van der Waals surface area contributed by atoms with Crippen molar-refractivity contribution >= 4 is 46.7 Å². The molecule has 0 saturated carbocycles. The van der Waals surface area contributed by atoms with E-state index in [0.29, 0.717) is 28.6 Å². The Morgan fingerprint density at radius 2 is 1.58 bits per heavy atom. The maximum absolute atomic E-state index is 11.9. The number of hydrogen-bond acceptors (Lipinski definition) is 6. The first-order valence-electron chi connectivity index (χ1n) is 9.65. The second kappa shape index (κ2) is 12.3. The Labute approximate surface area is 184 Å². The van der Waals surface area contributed by atoms with Gasteiger partial charge in [0.1, 0.15) is 0 Å². The molecule has 0 radical (unpaired) electrons. The number of esters is 2. The Morgan fingerprint density at radius 3 is 2.26 bits per heavy atom. The van der Waals surface area contributed by atoms with Gasteiger partial charge >= 0.3 is 11.9 Å². The van der Waals surface area contributed by atoms with Crippen molar-refractivity contribution in [1.29, 1.82) is 0 Å². The van der Waals surface area contributed by atoms with E-state index in [2.05, 4.69) is 10.6 Å². The van der Waals surface area contributed by atoms with Crippen molar-refractivity contribution in [3.63, 3.8) is 0 Å². The summed E-state index contributed by atoms with van der Waals surface area (Å²) in [4.78, 5) is 47.3. The predicted molar refractivity (Wildman–Crippen MR) is 116 cm³/mol. The van der Waals surface area contributed by atoms with Crippen LogP contribution in [-0.2, 0) is 23.9 Å². The van der Waals surface area contributed by atoms with Crippen LogP contribution in [-0.4, -0.2) is 37.0 Å². The molecular weight excluding hydrogens is 424 g/mol. The summed E-state index contributed by atoms with van der Waals surface area (Å²) in [7, 11) is 0. The van der Waals surface area contributed by atoms with Gasteiger partial charge in [0.25, 0.3) is 5.91 Å². The molecule has 0 aromatic heterocycles. The summed E-state index contributed by atoms with van der Waals surface area (Å²) >= 11 is 5.84. The number of rotatable bonds is 10. The van der Waals surface area contributed by atoms with E-state index in [-0.39, 0.29) is 18.7 Å². The molecular formula is C22H23ClN2O6. The van der Waals surface area contributed by atoms with E-state index in [1.54, 1.807) is 36.4 Å². The highest BCUT2D eigenvalue weighted by Crippen LogP contribution is 2.15. The monoisotopic (exact) mass is 446 g/mol. The minimum Gasteiger partial charge on any atom is -0.462 e. The number of halogens is 1. The number of carbonyl (C=O) groups excluding carboxylic acids is 4. The van der Waals surface area contributed by atoms with E-state index in [9.17, 15) is 19.2 Å². The van der Waals surface area contributed by atoms with Gasteiger partial charge in [0.05, 0.1) is 18.6 Å². The molecule has 164 valence electrons. The van der Waals surface area contributed by atoms with Crippen LogP contribution >= 0.6 is 11.6 Å². The molecule has 0 atom stereocenters. The Hall–Kier alpha value is -3.39. The molecule has 31 heavy (non-hydrogen) atoms. The average Bonchev–Trinajstić information content (AvgIpc) is 2.75. The predicted octanol–water partition coefficient (Wildman–Crippen LogP) is 3.81. The molecule has 0 aliphatic carbocycles. The summed E-state index contributed by atoms with van der Waals surface area (Å²) in [6, 6.07) is 12.8. The van der Waals surface area contributed by atoms with Crippen molar-refractivity contribution in [3.8, 4) is 0 Å². The third-order valence-corrected chi connectivity index (χ3v) is 4.11. The van der Waals surface area contributed by atoms with Crippen LogP contribution in [0.4, 0.5) is 11.4 Å². The van der Waals surface area contributed by atoms with Gasteiger partial charge in [0, 0.05) is 22.8 Å². The second-order valence-electron chi connectivity index (χ2n) is 6.48. The Bertz CT molecular complexity index is 930. The zero-order valence-electron chi connectivity index (χ0n) is 17.0. The number of nitrogens with one attached hydrogen (secondary N) is 2. The van der Waals surface area contributed by atoms with Crippen molar-refractivity contribution in [3.05, 3.63) is 59.1 Å². The molecule has 0 unspecified atom stereocenters. The topological polar surface area (TPSA) is 111 Å². The Balaban J connectivity index is 1.69. The van der Waals surface area contributed by atoms with Gasteiger partial charge in [-0.3, -0.25) is 14.4 Å². The van der Waals surface area contributed by atoms with Crippen molar-refractivity contribution in [1.82, 2.24) is 0 Å². The number of amides is 2. The van der Waals surface area contributed by atoms with E-state index in [4.69, 9.17) is 21.1 Å². The standard InChI is InChI=1S/C22H23ClN2O6/c1-2-12-30-22(29)15-6-8-17(9-7-15)24-20(27)14-31-21(28)11-10-19(26)25-18-5-3-4-16(23)13-18/h3-9,13H,2,10-12,14H2,1H3,(H,24,27)(H,25,26). The molecule has 0 bridgehead atoms. The zero-order chi connectivity index (χ0) is 22.6. The molecule has 0 fully saturated rings. The Kier molecular flexibility index (Phi) is 9.51. The van der Waals surface area contributed by atoms with E-state index >= 15 is 0 Å². The van der Waals surface area contributed by atoms with Crippen LogP contribution in [0, 0.1) is 0 Å². The molecule has 0 aliphatic rings. The first-order valence-corrected chi connectivity index (χ1v) is 10.0. The van der Waals surface area contributed by atoms with Crippen LogP contribution in [0.3, 0.4) is 0 Å². The van der Waals surface area contributed by atoms with Gasteiger partial charge < -0.3 is 20.1 Å². The molecule has 8 nitrogen and oxygen atoms in total. The second-order valence-corrected chi connectivity index (χ2v) is 6.92. The number of anilines is 2. The first kappa shape index (κ1) is 23.9. The van der Waals surface area contributed by atoms with Gasteiger partial charge in [-0.25, -0.2) is 4.79 Å². The van der Waals surface area contributed by atoms with E-state index in [1.807, 2.05) is 6.92 Å². The van der Waals surface area contributed by atoms with Gasteiger partial charge in [-0.1, -0.05) is 24.6 Å². The highest BCUT2D eigenvalue weighted by molar-refractivity contribution is 6.30. The summed E-state index contributed by atoms with van der Waals surface area (Å²) in [5, 5.41) is 5.65. The highest BCUT2D eigenvalue weighted by atomic mass is 35.5. The lowest BCUT2D eigenvalue weighted by molar-refractivity contribution is -0.147. The molecule has 2 aromatic rings. The van der Waals surface area contributed by atoms with Crippen LogP contribution < -0.4 is 10.6 Å². The van der Waals surface area contributed by atoms with Gasteiger partial charge in [0.15, 0.2) is 6.61 Å². The minimum atomic E-state index is -0.676. The largest absolute Gasteiger partial charge is 0.462 e. The number of ether oxygens (including phenoxy) is 2. The van der Waals surface area contributed by atoms with E-state index in [0.717, 1.165) is 6.42 Å². The third-order valence-electron chi connectivity index (χ3n) is 3.87. The molecule has 2 aromatic carbocycles. The molecule has 2 rings (SSSR count). The van der Waals surface area contributed by atoms with Crippen LogP contribution in [0.25, 0.3) is 0 Å². The molecule has 0 saturated heterocycles. The summed E-state index contributed by atoms with van der Waals surface area (Å²) < 4.78 is 9.90. The van der Waals surface area contributed by atoms with Gasteiger partial charge in [-0.05, 0) is 48.9 Å². The summed E-state index contributed by atoms with van der Waals surface area (Å²) in [5.74, 6) is -2.03. The average molecular weight is 447 g/mol. The highest BCUT2D eigenvalue weighted by Gasteiger charge is 2.12. The normalized spacial score (nSPS) is 10.1. The summed E-state index contributed by atoms with van der Waals surface area (Å²) in [6.07, 6.45) is 0.460. The maximum atomic E-state index is 11.9.